The molecule has 2 aromatic rings. The summed E-state index contributed by atoms with van der Waals surface area (Å²) in [4.78, 5) is 11.6. The van der Waals surface area contributed by atoms with Crippen molar-refractivity contribution in [3.05, 3.63) is 52.8 Å². The van der Waals surface area contributed by atoms with Crippen LogP contribution in [0.5, 0.6) is 0 Å². The highest BCUT2D eigenvalue weighted by Gasteiger charge is 2.44. The lowest BCUT2D eigenvalue weighted by atomic mass is 9.91. The third-order valence-electron chi connectivity index (χ3n) is 6.19. The topological polar surface area (TPSA) is 29.0 Å². The molecule has 2 fully saturated rings. The molecule has 1 aliphatic carbocycles. The van der Waals surface area contributed by atoms with Crippen molar-refractivity contribution in [1.29, 1.82) is 0 Å². The Hall–Kier alpha value is -2.11. The number of aromatic nitrogens is 2. The molecule has 3 nitrogen and oxygen atoms in total. The van der Waals surface area contributed by atoms with Crippen molar-refractivity contribution < 1.29 is 13.2 Å². The average molecular weight is 389 g/mol. The zero-order valence-electron chi connectivity index (χ0n) is 16.5. The summed E-state index contributed by atoms with van der Waals surface area (Å²) in [7, 11) is 0. The molecule has 0 spiro atoms. The molecule has 28 heavy (non-hydrogen) atoms. The second kappa shape index (κ2) is 7.05. The van der Waals surface area contributed by atoms with Gasteiger partial charge in [0.15, 0.2) is 0 Å². The smallest absolute Gasteiger partial charge is 0.340 e. The summed E-state index contributed by atoms with van der Waals surface area (Å²) in [5.74, 6) is 1.89. The Morgan fingerprint density at radius 1 is 1.04 bits per heavy atom. The molecule has 2 aliphatic rings. The van der Waals surface area contributed by atoms with E-state index in [1.165, 1.54) is 12.1 Å². The minimum absolute atomic E-state index is 0.0142. The van der Waals surface area contributed by atoms with Gasteiger partial charge in [-0.1, -0.05) is 32.0 Å². The number of nitrogens with zero attached hydrogens (tertiary/aromatic N) is 3. The molecule has 3 atom stereocenters. The Labute approximate surface area is 164 Å². The first-order valence-corrected chi connectivity index (χ1v) is 9.99. The highest BCUT2D eigenvalue weighted by Crippen LogP contribution is 2.49. The maximum atomic E-state index is 13.4. The van der Waals surface area contributed by atoms with Crippen molar-refractivity contribution in [3.63, 3.8) is 0 Å². The summed E-state index contributed by atoms with van der Waals surface area (Å²) in [5.41, 5.74) is 1.99. The van der Waals surface area contributed by atoms with Gasteiger partial charge in [0.1, 0.15) is 0 Å². The number of benzene rings is 1. The largest absolute Gasteiger partial charge is 0.416 e. The molecule has 1 aromatic carbocycles. The molecule has 6 heteroatoms. The number of hydrogen-bond acceptors (Lipinski definition) is 3. The second-order valence-corrected chi connectivity index (χ2v) is 8.57. The van der Waals surface area contributed by atoms with Gasteiger partial charge in [-0.2, -0.15) is 13.2 Å². The monoisotopic (exact) mass is 389 g/mol. The Kier molecular flexibility index (Phi) is 4.84. The van der Waals surface area contributed by atoms with Gasteiger partial charge in [0, 0.05) is 24.5 Å². The van der Waals surface area contributed by atoms with Gasteiger partial charge in [0.2, 0.25) is 5.95 Å². The van der Waals surface area contributed by atoms with Crippen LogP contribution >= 0.6 is 0 Å². The quantitative estimate of drug-likeness (QED) is 0.688. The van der Waals surface area contributed by atoms with Crippen molar-refractivity contribution in [3.8, 4) is 0 Å². The number of hydrogen-bond donors (Lipinski definition) is 0. The van der Waals surface area contributed by atoms with Crippen LogP contribution in [0.15, 0.2) is 30.3 Å². The first kappa shape index (κ1) is 19.2. The number of halogens is 3. The van der Waals surface area contributed by atoms with Crippen LogP contribution < -0.4 is 4.90 Å². The average Bonchev–Trinajstić information content (AvgIpc) is 3.19. The first-order chi connectivity index (χ1) is 13.2. The maximum Gasteiger partial charge on any atom is 0.416 e. The highest BCUT2D eigenvalue weighted by atomic mass is 19.4. The van der Waals surface area contributed by atoms with Crippen LogP contribution in [0, 0.1) is 18.8 Å². The molecule has 0 amide bonds. The summed E-state index contributed by atoms with van der Waals surface area (Å²) in [6, 6.07) is 8.09. The van der Waals surface area contributed by atoms with E-state index in [-0.39, 0.29) is 5.92 Å². The van der Waals surface area contributed by atoms with Gasteiger partial charge in [0.05, 0.1) is 5.56 Å². The summed E-state index contributed by atoms with van der Waals surface area (Å²) in [5, 5.41) is 0. The van der Waals surface area contributed by atoms with E-state index in [0.29, 0.717) is 23.3 Å². The fourth-order valence-electron chi connectivity index (χ4n) is 4.84. The van der Waals surface area contributed by atoms with Crippen LogP contribution in [-0.2, 0) is 6.18 Å². The zero-order valence-corrected chi connectivity index (χ0v) is 16.5. The minimum atomic E-state index is -4.29. The van der Waals surface area contributed by atoms with E-state index in [4.69, 9.17) is 4.98 Å². The van der Waals surface area contributed by atoms with Crippen molar-refractivity contribution in [2.75, 3.05) is 18.0 Å². The number of fused-ring (bicyclic) bond motifs is 1. The fraction of sp³-hybridized carbons (Fsp3) is 0.545. The van der Waals surface area contributed by atoms with Gasteiger partial charge < -0.3 is 4.90 Å². The summed E-state index contributed by atoms with van der Waals surface area (Å²) in [6.45, 7) is 7.88. The lowest BCUT2D eigenvalue weighted by molar-refractivity contribution is -0.138. The highest BCUT2D eigenvalue weighted by molar-refractivity contribution is 5.38. The number of aryl methyl sites for hydroxylation is 1. The summed E-state index contributed by atoms with van der Waals surface area (Å²) < 4.78 is 40.2. The second-order valence-electron chi connectivity index (χ2n) is 8.57. The minimum Gasteiger partial charge on any atom is -0.340 e. The van der Waals surface area contributed by atoms with Crippen molar-refractivity contribution >= 4 is 5.95 Å². The lowest BCUT2D eigenvalue weighted by Crippen LogP contribution is -2.24. The van der Waals surface area contributed by atoms with Crippen molar-refractivity contribution in [1.82, 2.24) is 9.97 Å². The Balaban J connectivity index is 1.51. The maximum absolute atomic E-state index is 13.4. The number of anilines is 1. The molecule has 1 saturated heterocycles. The van der Waals surface area contributed by atoms with Gasteiger partial charge in [-0.3, -0.25) is 0 Å². The van der Waals surface area contributed by atoms with E-state index >= 15 is 0 Å². The Morgan fingerprint density at radius 3 is 2.29 bits per heavy atom. The molecule has 4 rings (SSSR count). The SMILES string of the molecule is Cc1cc(C(C)C)nc(N2C[C@H]3C[C@@H](c4ccccc4C(F)(F)F)C[C@H]3C2)n1. The molecule has 150 valence electrons. The van der Waals surface area contributed by atoms with E-state index < -0.39 is 11.7 Å². The summed E-state index contributed by atoms with van der Waals surface area (Å²) in [6.07, 6.45) is -2.68. The lowest BCUT2D eigenvalue weighted by Gasteiger charge is -2.22. The molecular formula is C22H26F3N3. The third kappa shape index (κ3) is 3.61. The van der Waals surface area contributed by atoms with Crippen molar-refractivity contribution in [2.45, 2.75) is 51.6 Å². The molecule has 0 bridgehead atoms. The van der Waals surface area contributed by atoms with E-state index in [0.717, 1.165) is 43.3 Å². The van der Waals surface area contributed by atoms with Crippen LogP contribution in [0.2, 0.25) is 0 Å². The molecule has 2 heterocycles. The van der Waals surface area contributed by atoms with Crippen LogP contribution in [0.4, 0.5) is 19.1 Å². The van der Waals surface area contributed by atoms with E-state index in [1.54, 1.807) is 12.1 Å². The van der Waals surface area contributed by atoms with Gasteiger partial charge in [-0.15, -0.1) is 0 Å². The molecule has 0 radical (unpaired) electrons. The zero-order chi connectivity index (χ0) is 20.1. The molecule has 1 saturated carbocycles. The standard InChI is InChI=1S/C22H26F3N3/c1-13(2)20-8-14(3)26-21(27-20)28-11-16-9-15(10-17(16)12-28)18-6-4-5-7-19(18)22(23,24)25/h4-8,13,15-17H,9-12H2,1-3H3/t15-,16-,17+. The van der Waals surface area contributed by atoms with Crippen LogP contribution in [0.25, 0.3) is 0 Å². The van der Waals surface area contributed by atoms with Crippen molar-refractivity contribution in [2.24, 2.45) is 11.8 Å². The predicted octanol–water partition coefficient (Wildman–Crippen LogP) is 5.56. The summed E-state index contributed by atoms with van der Waals surface area (Å²) >= 11 is 0. The first-order valence-electron chi connectivity index (χ1n) is 9.99. The molecule has 0 N–H and O–H groups in total. The van der Waals surface area contributed by atoms with Gasteiger partial charge in [-0.05, 0) is 61.1 Å². The van der Waals surface area contributed by atoms with Gasteiger partial charge >= 0.3 is 6.18 Å². The van der Waals surface area contributed by atoms with Gasteiger partial charge in [0.25, 0.3) is 0 Å². The van der Waals surface area contributed by atoms with E-state index in [1.807, 2.05) is 13.0 Å². The van der Waals surface area contributed by atoms with Crippen LogP contribution in [-0.4, -0.2) is 23.1 Å². The molecular weight excluding hydrogens is 363 g/mol. The number of rotatable bonds is 3. The van der Waals surface area contributed by atoms with Gasteiger partial charge in [-0.25, -0.2) is 9.97 Å². The molecule has 1 aromatic heterocycles. The van der Waals surface area contributed by atoms with Crippen LogP contribution in [0.3, 0.4) is 0 Å². The van der Waals surface area contributed by atoms with Crippen LogP contribution in [0.1, 0.15) is 61.0 Å². The molecule has 0 unspecified atom stereocenters. The fourth-order valence-corrected chi connectivity index (χ4v) is 4.84. The molecule has 1 aliphatic heterocycles. The Morgan fingerprint density at radius 2 is 1.68 bits per heavy atom. The number of alkyl halides is 3. The predicted molar refractivity (Wildman–Crippen MR) is 103 cm³/mol. The Bertz CT molecular complexity index is 848. The van der Waals surface area contributed by atoms with E-state index in [9.17, 15) is 13.2 Å². The third-order valence-corrected chi connectivity index (χ3v) is 6.19. The van der Waals surface area contributed by atoms with E-state index in [2.05, 4.69) is 23.7 Å². The normalized spacial score (nSPS) is 24.8.